The third-order valence-electron chi connectivity index (χ3n) is 2.38. The van der Waals surface area contributed by atoms with E-state index in [2.05, 4.69) is 22.4 Å². The Balaban J connectivity index is 2.63. The van der Waals surface area contributed by atoms with E-state index in [1.54, 1.807) is 0 Å². The molecule has 0 aliphatic carbocycles. The van der Waals surface area contributed by atoms with Gasteiger partial charge in [-0.05, 0) is 37.7 Å². The van der Waals surface area contributed by atoms with Gasteiger partial charge >= 0.3 is 0 Å². The van der Waals surface area contributed by atoms with E-state index in [1.807, 2.05) is 19.9 Å². The zero-order valence-corrected chi connectivity index (χ0v) is 9.48. The van der Waals surface area contributed by atoms with Crippen molar-refractivity contribution in [1.29, 1.82) is 0 Å². The van der Waals surface area contributed by atoms with Crippen molar-refractivity contribution in [2.75, 3.05) is 13.2 Å². The van der Waals surface area contributed by atoms with Gasteiger partial charge in [0.25, 0.3) is 0 Å². The second-order valence-corrected chi connectivity index (χ2v) is 3.58. The average Bonchev–Trinajstić information content (AvgIpc) is 2.26. The Morgan fingerprint density at radius 1 is 1.27 bits per heavy atom. The molecule has 0 bridgehead atoms. The topological polar surface area (TPSA) is 30.8 Å². The van der Waals surface area contributed by atoms with Gasteiger partial charge in [-0.3, -0.25) is 0 Å². The number of benzene rings is 1. The predicted molar refractivity (Wildman–Crippen MR) is 61.6 cm³/mol. The molecule has 1 heterocycles. The van der Waals surface area contributed by atoms with Crippen molar-refractivity contribution in [1.82, 2.24) is 0 Å². The molecule has 0 fully saturated rings. The molecule has 0 N–H and O–H groups in total. The van der Waals surface area contributed by atoms with E-state index in [-0.39, 0.29) is 0 Å². The molecular formula is C11H11NO2S. The molecule has 0 radical (unpaired) electrons. The lowest BCUT2D eigenvalue weighted by atomic mass is 10.1. The van der Waals surface area contributed by atoms with Gasteiger partial charge in [0.05, 0.1) is 10.8 Å². The Morgan fingerprint density at radius 2 is 1.93 bits per heavy atom. The van der Waals surface area contributed by atoms with E-state index in [1.165, 1.54) is 0 Å². The smallest absolute Gasteiger partial charge is 0.166 e. The molecule has 1 aromatic rings. The third kappa shape index (κ3) is 1.74. The standard InChI is InChI=1S/C11H11NO2S/c1-7-5-9(12-6-15)8(2)11-10(7)13-3-4-14-11/h5H,3-4H2,1-2H3. The van der Waals surface area contributed by atoms with Crippen LogP contribution >= 0.6 is 12.2 Å². The molecule has 2 rings (SSSR count). The van der Waals surface area contributed by atoms with Crippen LogP contribution in [0.2, 0.25) is 0 Å². The van der Waals surface area contributed by atoms with E-state index in [0.717, 1.165) is 28.3 Å². The fraction of sp³-hybridized carbons (Fsp3) is 0.364. The Bertz CT molecular complexity index is 450. The summed E-state index contributed by atoms with van der Waals surface area (Å²) in [5.41, 5.74) is 2.76. The molecule has 0 aromatic heterocycles. The minimum atomic E-state index is 0.581. The molecule has 1 aliphatic rings. The maximum Gasteiger partial charge on any atom is 0.166 e. The first-order valence-electron chi connectivity index (χ1n) is 4.71. The quantitative estimate of drug-likeness (QED) is 0.539. The van der Waals surface area contributed by atoms with Crippen molar-refractivity contribution >= 4 is 23.1 Å². The molecule has 0 spiro atoms. The van der Waals surface area contributed by atoms with E-state index >= 15 is 0 Å². The molecule has 1 aliphatic heterocycles. The number of aryl methyl sites for hydroxylation is 1. The molecule has 0 unspecified atom stereocenters. The second-order valence-electron chi connectivity index (χ2n) is 3.40. The minimum absolute atomic E-state index is 0.581. The van der Waals surface area contributed by atoms with Crippen LogP contribution in [0, 0.1) is 13.8 Å². The number of rotatable bonds is 1. The van der Waals surface area contributed by atoms with Crippen LogP contribution in [0.15, 0.2) is 11.1 Å². The molecule has 4 heteroatoms. The first-order chi connectivity index (χ1) is 7.24. The maximum absolute atomic E-state index is 5.58. The van der Waals surface area contributed by atoms with Gasteiger partial charge in [0, 0.05) is 5.56 Å². The van der Waals surface area contributed by atoms with Crippen molar-refractivity contribution in [3.63, 3.8) is 0 Å². The Kier molecular flexibility index (Phi) is 2.71. The highest BCUT2D eigenvalue weighted by Crippen LogP contribution is 2.41. The summed E-state index contributed by atoms with van der Waals surface area (Å²) in [5.74, 6) is 1.60. The summed E-state index contributed by atoms with van der Waals surface area (Å²) >= 11 is 4.60. The third-order valence-corrected chi connectivity index (χ3v) is 2.48. The maximum atomic E-state index is 5.58. The van der Waals surface area contributed by atoms with Gasteiger partial charge in [0.2, 0.25) is 0 Å². The average molecular weight is 221 g/mol. The lowest BCUT2D eigenvalue weighted by Gasteiger charge is -2.22. The van der Waals surface area contributed by atoms with Gasteiger partial charge in [-0.1, -0.05) is 0 Å². The number of aliphatic imine (C=N–C) groups is 1. The van der Waals surface area contributed by atoms with Gasteiger partial charge < -0.3 is 9.47 Å². The molecule has 3 nitrogen and oxygen atoms in total. The van der Waals surface area contributed by atoms with Crippen LogP contribution in [0.1, 0.15) is 11.1 Å². The van der Waals surface area contributed by atoms with E-state index in [0.29, 0.717) is 13.2 Å². The number of thiocarbonyl (C=S) groups is 1. The SMILES string of the molecule is Cc1cc(N=C=S)c(C)c2c1OCCO2. The molecule has 0 saturated heterocycles. The van der Waals surface area contributed by atoms with Crippen LogP contribution in [0.4, 0.5) is 5.69 Å². The highest BCUT2D eigenvalue weighted by molar-refractivity contribution is 7.78. The highest BCUT2D eigenvalue weighted by atomic mass is 32.1. The predicted octanol–water partition coefficient (Wildman–Crippen LogP) is 2.81. The summed E-state index contributed by atoms with van der Waals surface area (Å²) in [7, 11) is 0. The molecular weight excluding hydrogens is 210 g/mol. The molecule has 0 amide bonds. The van der Waals surface area contributed by atoms with Gasteiger partial charge in [-0.2, -0.15) is 4.99 Å². The number of ether oxygens (including phenoxy) is 2. The van der Waals surface area contributed by atoms with Crippen molar-refractivity contribution < 1.29 is 9.47 Å². The van der Waals surface area contributed by atoms with Crippen LogP contribution in [-0.4, -0.2) is 18.4 Å². The number of isothiocyanates is 1. The zero-order chi connectivity index (χ0) is 10.8. The van der Waals surface area contributed by atoms with Crippen LogP contribution in [-0.2, 0) is 0 Å². The number of fused-ring (bicyclic) bond motifs is 1. The first-order valence-corrected chi connectivity index (χ1v) is 5.12. The van der Waals surface area contributed by atoms with E-state index < -0.39 is 0 Å². The summed E-state index contributed by atoms with van der Waals surface area (Å²) in [5, 5.41) is 2.37. The number of nitrogens with zero attached hydrogens (tertiary/aromatic N) is 1. The lowest BCUT2D eigenvalue weighted by molar-refractivity contribution is 0.169. The Morgan fingerprint density at radius 3 is 2.60 bits per heavy atom. The molecule has 0 saturated carbocycles. The van der Waals surface area contributed by atoms with Crippen LogP contribution in [0.5, 0.6) is 11.5 Å². The normalized spacial score (nSPS) is 13.2. The number of hydrogen-bond donors (Lipinski definition) is 0. The molecule has 0 atom stereocenters. The van der Waals surface area contributed by atoms with E-state index in [4.69, 9.17) is 9.47 Å². The van der Waals surface area contributed by atoms with Crippen molar-refractivity contribution in [2.45, 2.75) is 13.8 Å². The Labute approximate surface area is 93.7 Å². The van der Waals surface area contributed by atoms with Crippen LogP contribution in [0.3, 0.4) is 0 Å². The fourth-order valence-corrected chi connectivity index (χ4v) is 1.75. The molecule has 78 valence electrons. The largest absolute Gasteiger partial charge is 0.486 e. The van der Waals surface area contributed by atoms with Crippen molar-refractivity contribution in [3.05, 3.63) is 17.2 Å². The van der Waals surface area contributed by atoms with Gasteiger partial charge in [-0.15, -0.1) is 0 Å². The fourth-order valence-electron chi connectivity index (χ4n) is 1.65. The first kappa shape index (κ1) is 10.1. The second kappa shape index (κ2) is 4.01. The molecule has 1 aromatic carbocycles. The van der Waals surface area contributed by atoms with E-state index in [9.17, 15) is 0 Å². The molecule has 15 heavy (non-hydrogen) atoms. The van der Waals surface area contributed by atoms with Gasteiger partial charge in [0.1, 0.15) is 13.2 Å². The lowest BCUT2D eigenvalue weighted by Crippen LogP contribution is -2.17. The monoisotopic (exact) mass is 221 g/mol. The summed E-state index contributed by atoms with van der Waals surface area (Å²) in [6, 6.07) is 1.93. The van der Waals surface area contributed by atoms with Crippen LogP contribution in [0.25, 0.3) is 0 Å². The minimum Gasteiger partial charge on any atom is -0.486 e. The summed E-state index contributed by atoms with van der Waals surface area (Å²) < 4.78 is 11.1. The summed E-state index contributed by atoms with van der Waals surface area (Å²) in [4.78, 5) is 4.00. The summed E-state index contributed by atoms with van der Waals surface area (Å²) in [6.45, 7) is 5.09. The highest BCUT2D eigenvalue weighted by Gasteiger charge is 2.19. The zero-order valence-electron chi connectivity index (χ0n) is 8.66. The van der Waals surface area contributed by atoms with Gasteiger partial charge in [0.15, 0.2) is 11.5 Å². The van der Waals surface area contributed by atoms with Gasteiger partial charge in [-0.25, -0.2) is 0 Å². The van der Waals surface area contributed by atoms with Crippen molar-refractivity contribution in [3.8, 4) is 11.5 Å². The van der Waals surface area contributed by atoms with Crippen molar-refractivity contribution in [2.24, 2.45) is 4.99 Å². The summed E-state index contributed by atoms with van der Waals surface area (Å²) in [6.07, 6.45) is 0. The number of hydrogen-bond acceptors (Lipinski definition) is 4. The Hall–Kier alpha value is -1.38. The van der Waals surface area contributed by atoms with Crippen LogP contribution < -0.4 is 9.47 Å².